The molecule has 0 aromatic heterocycles. The molecule has 0 bridgehead atoms. The van der Waals surface area contributed by atoms with Gasteiger partial charge >= 0.3 is 0 Å². The highest BCUT2D eigenvalue weighted by Crippen LogP contribution is 2.37. The van der Waals surface area contributed by atoms with Crippen LogP contribution in [0.1, 0.15) is 25.0 Å². The first kappa shape index (κ1) is 39.6. The van der Waals surface area contributed by atoms with Crippen LogP contribution in [0.3, 0.4) is 0 Å². The van der Waals surface area contributed by atoms with Crippen LogP contribution in [0, 0.1) is 5.92 Å². The Kier molecular flexibility index (Phi) is 13.9. The third-order valence-electron chi connectivity index (χ3n) is 7.92. The molecular formula is C37H40Cl3N3O7S. The Bertz CT molecular complexity index is 1950. The molecule has 0 saturated carbocycles. The van der Waals surface area contributed by atoms with Crippen molar-refractivity contribution in [3.8, 4) is 17.2 Å². The number of halogens is 3. The molecule has 14 heteroatoms. The maximum atomic E-state index is 14.8. The van der Waals surface area contributed by atoms with Gasteiger partial charge in [-0.2, -0.15) is 0 Å². The molecule has 4 aromatic rings. The number of hydrogen-bond donors (Lipinski definition) is 1. The number of rotatable bonds is 16. The third-order valence-corrected chi connectivity index (χ3v) is 10.7. The highest BCUT2D eigenvalue weighted by molar-refractivity contribution is 7.92. The maximum absolute atomic E-state index is 14.8. The van der Waals surface area contributed by atoms with Crippen LogP contribution in [0.2, 0.25) is 15.1 Å². The Hall–Kier alpha value is -4.16. The summed E-state index contributed by atoms with van der Waals surface area (Å²) in [5.41, 5.74) is 1.37. The van der Waals surface area contributed by atoms with E-state index in [4.69, 9.17) is 49.0 Å². The maximum Gasteiger partial charge on any atom is 0.265 e. The summed E-state index contributed by atoms with van der Waals surface area (Å²) >= 11 is 19.0. The van der Waals surface area contributed by atoms with Crippen molar-refractivity contribution in [1.82, 2.24) is 10.2 Å². The van der Waals surface area contributed by atoms with Gasteiger partial charge in [-0.1, -0.05) is 85.0 Å². The predicted octanol–water partition coefficient (Wildman–Crippen LogP) is 7.28. The fraction of sp³-hybridized carbons (Fsp3) is 0.297. The van der Waals surface area contributed by atoms with Gasteiger partial charge in [0.25, 0.3) is 10.0 Å². The van der Waals surface area contributed by atoms with E-state index in [0.717, 1.165) is 9.87 Å². The molecule has 0 aliphatic carbocycles. The first-order valence-electron chi connectivity index (χ1n) is 15.9. The van der Waals surface area contributed by atoms with Gasteiger partial charge in [0.2, 0.25) is 11.8 Å². The molecule has 0 fully saturated rings. The van der Waals surface area contributed by atoms with E-state index in [1.54, 1.807) is 24.3 Å². The Morgan fingerprint density at radius 2 is 1.43 bits per heavy atom. The molecule has 0 unspecified atom stereocenters. The molecule has 4 aromatic carbocycles. The van der Waals surface area contributed by atoms with E-state index in [2.05, 4.69) is 5.32 Å². The van der Waals surface area contributed by atoms with Gasteiger partial charge in [0, 0.05) is 30.6 Å². The fourth-order valence-corrected chi connectivity index (χ4v) is 7.21. The second-order valence-corrected chi connectivity index (χ2v) is 15.1. The zero-order valence-corrected chi connectivity index (χ0v) is 31.9. The molecule has 0 aliphatic rings. The topological polar surface area (TPSA) is 114 Å². The quantitative estimate of drug-likeness (QED) is 0.127. The lowest BCUT2D eigenvalue weighted by Gasteiger charge is -2.34. The zero-order chi connectivity index (χ0) is 37.3. The lowest BCUT2D eigenvalue weighted by Crippen LogP contribution is -2.53. The van der Waals surface area contributed by atoms with E-state index in [9.17, 15) is 18.0 Å². The molecule has 0 spiro atoms. The van der Waals surface area contributed by atoms with Crippen molar-refractivity contribution in [3.05, 3.63) is 111 Å². The Morgan fingerprint density at radius 1 is 0.765 bits per heavy atom. The van der Waals surface area contributed by atoms with Crippen LogP contribution in [-0.4, -0.2) is 65.6 Å². The van der Waals surface area contributed by atoms with Gasteiger partial charge in [-0.15, -0.1) is 0 Å². The highest BCUT2D eigenvalue weighted by atomic mass is 35.5. The van der Waals surface area contributed by atoms with Gasteiger partial charge in [0.15, 0.2) is 11.5 Å². The van der Waals surface area contributed by atoms with Crippen LogP contribution in [0.4, 0.5) is 5.69 Å². The molecule has 0 aliphatic heterocycles. The molecule has 4 rings (SSSR count). The van der Waals surface area contributed by atoms with E-state index >= 15 is 0 Å². The van der Waals surface area contributed by atoms with E-state index < -0.39 is 34.4 Å². The summed E-state index contributed by atoms with van der Waals surface area (Å²) in [5, 5.41) is 3.73. The lowest BCUT2D eigenvalue weighted by molar-refractivity contribution is -0.140. The first-order chi connectivity index (χ1) is 24.3. The van der Waals surface area contributed by atoms with Gasteiger partial charge in [0.05, 0.1) is 42.0 Å². The minimum absolute atomic E-state index is 0.00601. The number of hydrogen-bond acceptors (Lipinski definition) is 7. The van der Waals surface area contributed by atoms with Crippen LogP contribution in [0.5, 0.6) is 17.2 Å². The van der Waals surface area contributed by atoms with Crippen LogP contribution in [-0.2, 0) is 32.6 Å². The van der Waals surface area contributed by atoms with Gasteiger partial charge in [-0.25, -0.2) is 8.42 Å². The number of methoxy groups -OCH3 is 3. The molecule has 1 N–H and O–H groups in total. The highest BCUT2D eigenvalue weighted by Gasteiger charge is 2.36. The average molecular weight is 777 g/mol. The van der Waals surface area contributed by atoms with Crippen LogP contribution in [0.15, 0.2) is 89.8 Å². The van der Waals surface area contributed by atoms with E-state index in [-0.39, 0.29) is 51.0 Å². The SMILES string of the molecule is COc1ccc(S(=O)(=O)N(CC(=O)N(Cc2ccc(Cl)c(Cl)c2)[C@H](Cc2ccccc2)C(=O)NCC(C)C)c2cc(Cl)ccc2OC)cc1OC. The molecule has 10 nitrogen and oxygen atoms in total. The summed E-state index contributed by atoms with van der Waals surface area (Å²) in [7, 11) is -0.340. The monoisotopic (exact) mass is 775 g/mol. The molecule has 1 atom stereocenters. The van der Waals surface area contributed by atoms with Crippen molar-refractivity contribution < 1.29 is 32.2 Å². The molecular weight excluding hydrogens is 737 g/mol. The summed E-state index contributed by atoms with van der Waals surface area (Å²) in [6.45, 7) is 3.44. The lowest BCUT2D eigenvalue weighted by atomic mass is 10.0. The van der Waals surface area contributed by atoms with Gasteiger partial charge in [0.1, 0.15) is 18.3 Å². The van der Waals surface area contributed by atoms with Crippen molar-refractivity contribution in [1.29, 1.82) is 0 Å². The summed E-state index contributed by atoms with van der Waals surface area (Å²) in [5.74, 6) is -0.355. The molecule has 0 radical (unpaired) electrons. The minimum Gasteiger partial charge on any atom is -0.495 e. The zero-order valence-electron chi connectivity index (χ0n) is 28.9. The number of sulfonamides is 1. The van der Waals surface area contributed by atoms with E-state index in [0.29, 0.717) is 22.9 Å². The summed E-state index contributed by atoms with van der Waals surface area (Å²) in [4.78, 5) is 30.0. The molecule has 51 heavy (non-hydrogen) atoms. The summed E-state index contributed by atoms with van der Waals surface area (Å²) in [6, 6.07) is 21.6. The normalized spacial score (nSPS) is 11.9. The predicted molar refractivity (Wildman–Crippen MR) is 201 cm³/mol. The number of carbonyl (C=O) groups is 2. The van der Waals surface area contributed by atoms with Crippen molar-refractivity contribution in [2.24, 2.45) is 5.92 Å². The number of ether oxygens (including phenoxy) is 3. The van der Waals surface area contributed by atoms with Crippen molar-refractivity contribution in [3.63, 3.8) is 0 Å². The number of benzene rings is 4. The van der Waals surface area contributed by atoms with E-state index in [1.165, 1.54) is 56.6 Å². The van der Waals surface area contributed by atoms with Gasteiger partial charge < -0.3 is 24.4 Å². The number of nitrogens with one attached hydrogen (secondary N) is 1. The first-order valence-corrected chi connectivity index (χ1v) is 18.5. The second-order valence-electron chi connectivity index (χ2n) is 12.0. The van der Waals surface area contributed by atoms with Crippen molar-refractivity contribution in [2.45, 2.75) is 37.8 Å². The molecule has 272 valence electrons. The summed E-state index contributed by atoms with van der Waals surface area (Å²) < 4.78 is 46.4. The number of anilines is 1. The minimum atomic E-state index is -4.53. The Labute approximate surface area is 314 Å². The fourth-order valence-electron chi connectivity index (χ4n) is 5.29. The van der Waals surface area contributed by atoms with Crippen LogP contribution < -0.4 is 23.8 Å². The van der Waals surface area contributed by atoms with Crippen molar-refractivity contribution in [2.75, 3.05) is 38.7 Å². The number of nitrogens with zero attached hydrogens (tertiary/aromatic N) is 2. The molecule has 0 heterocycles. The second kappa shape index (κ2) is 17.9. The molecule has 2 amide bonds. The number of amides is 2. The average Bonchev–Trinajstić information content (AvgIpc) is 3.12. The smallest absolute Gasteiger partial charge is 0.265 e. The Morgan fingerprint density at radius 3 is 2.06 bits per heavy atom. The Balaban J connectivity index is 1.89. The van der Waals surface area contributed by atoms with Crippen LogP contribution in [0.25, 0.3) is 0 Å². The van der Waals surface area contributed by atoms with E-state index in [1.807, 2.05) is 44.2 Å². The largest absolute Gasteiger partial charge is 0.495 e. The number of carbonyl (C=O) groups excluding carboxylic acids is 2. The standard InChI is InChI=1S/C37H40Cl3N3O7S/c1-24(2)21-41-37(45)32(18-25-9-7-6-8-10-25)42(22-26-11-14-29(39)30(40)17-26)36(44)23-43(31-19-27(38)12-15-33(31)48-3)51(46,47)28-13-16-34(49-4)35(20-28)50-5/h6-17,19-20,24,32H,18,21-23H2,1-5H3,(H,41,45)/t32-/m1/s1. The van der Waals surface area contributed by atoms with Gasteiger partial charge in [-0.05, 0) is 59.5 Å². The van der Waals surface area contributed by atoms with Crippen LogP contribution >= 0.6 is 34.8 Å². The molecule has 0 saturated heterocycles. The summed E-state index contributed by atoms with van der Waals surface area (Å²) in [6.07, 6.45) is 0.140. The van der Waals surface area contributed by atoms with Gasteiger partial charge in [-0.3, -0.25) is 13.9 Å². The van der Waals surface area contributed by atoms with Crippen molar-refractivity contribution >= 4 is 62.3 Å². The third kappa shape index (κ3) is 10.0.